The van der Waals surface area contributed by atoms with Gasteiger partial charge in [0, 0.05) is 23.3 Å². The van der Waals surface area contributed by atoms with Crippen molar-refractivity contribution in [3.05, 3.63) is 75.5 Å². The first-order valence-corrected chi connectivity index (χ1v) is 9.07. The SMILES string of the molecule is Cc1ccc2c(c1)[C@@H](N[C@H](c1ncc[nH]1)c1cccs1)CCC2. The van der Waals surface area contributed by atoms with Crippen molar-refractivity contribution in [3.63, 3.8) is 0 Å². The number of aryl methyl sites for hydroxylation is 2. The van der Waals surface area contributed by atoms with E-state index >= 15 is 0 Å². The second-order valence-electron chi connectivity index (χ2n) is 6.24. The predicted octanol–water partition coefficient (Wildman–Crippen LogP) is 4.54. The summed E-state index contributed by atoms with van der Waals surface area (Å²) >= 11 is 1.78. The van der Waals surface area contributed by atoms with Crippen LogP contribution in [0.1, 0.15) is 52.3 Å². The van der Waals surface area contributed by atoms with E-state index in [1.165, 1.54) is 40.8 Å². The van der Waals surface area contributed by atoms with Crippen LogP contribution in [0.4, 0.5) is 0 Å². The number of nitrogens with zero attached hydrogens (tertiary/aromatic N) is 1. The number of rotatable bonds is 4. The third-order valence-electron chi connectivity index (χ3n) is 4.60. The van der Waals surface area contributed by atoms with Gasteiger partial charge in [-0.3, -0.25) is 5.32 Å². The fraction of sp³-hybridized carbons (Fsp3) is 0.316. The van der Waals surface area contributed by atoms with Gasteiger partial charge >= 0.3 is 0 Å². The average molecular weight is 323 g/mol. The van der Waals surface area contributed by atoms with E-state index < -0.39 is 0 Å². The molecule has 2 N–H and O–H groups in total. The van der Waals surface area contributed by atoms with Gasteiger partial charge in [0.2, 0.25) is 0 Å². The van der Waals surface area contributed by atoms with Crippen molar-refractivity contribution in [2.45, 2.75) is 38.3 Å². The molecule has 2 aromatic heterocycles. The number of aromatic nitrogens is 2. The zero-order valence-electron chi connectivity index (χ0n) is 13.3. The minimum absolute atomic E-state index is 0.126. The number of imidazole rings is 1. The van der Waals surface area contributed by atoms with E-state index in [0.717, 1.165) is 5.82 Å². The number of benzene rings is 1. The maximum atomic E-state index is 4.50. The molecule has 0 aliphatic heterocycles. The van der Waals surface area contributed by atoms with Gasteiger partial charge in [-0.15, -0.1) is 11.3 Å². The molecular weight excluding hydrogens is 302 g/mol. The van der Waals surface area contributed by atoms with Crippen molar-refractivity contribution >= 4 is 11.3 Å². The molecule has 0 spiro atoms. The van der Waals surface area contributed by atoms with Gasteiger partial charge in [-0.25, -0.2) is 4.98 Å². The van der Waals surface area contributed by atoms with E-state index in [1.54, 1.807) is 11.3 Å². The highest BCUT2D eigenvalue weighted by Gasteiger charge is 2.26. The molecule has 3 aromatic rings. The number of hydrogen-bond donors (Lipinski definition) is 2. The highest BCUT2D eigenvalue weighted by atomic mass is 32.1. The largest absolute Gasteiger partial charge is 0.347 e. The van der Waals surface area contributed by atoms with Gasteiger partial charge in [0.05, 0.1) is 0 Å². The van der Waals surface area contributed by atoms with E-state index in [4.69, 9.17) is 0 Å². The molecule has 0 bridgehead atoms. The van der Waals surface area contributed by atoms with Crippen molar-refractivity contribution < 1.29 is 0 Å². The molecule has 4 heteroatoms. The topological polar surface area (TPSA) is 40.7 Å². The van der Waals surface area contributed by atoms with E-state index in [-0.39, 0.29) is 6.04 Å². The second kappa shape index (κ2) is 6.30. The third kappa shape index (κ3) is 2.96. The smallest absolute Gasteiger partial charge is 0.128 e. The Hall–Kier alpha value is -1.91. The van der Waals surface area contributed by atoms with Crippen LogP contribution < -0.4 is 5.32 Å². The normalized spacial score (nSPS) is 18.6. The quantitative estimate of drug-likeness (QED) is 0.740. The van der Waals surface area contributed by atoms with Crippen molar-refractivity contribution in [2.75, 3.05) is 0 Å². The van der Waals surface area contributed by atoms with Crippen LogP contribution in [0.2, 0.25) is 0 Å². The summed E-state index contributed by atoms with van der Waals surface area (Å²) in [7, 11) is 0. The molecule has 2 heterocycles. The summed E-state index contributed by atoms with van der Waals surface area (Å²) in [5.74, 6) is 0.993. The molecule has 0 fully saturated rings. The number of nitrogens with one attached hydrogen (secondary N) is 2. The lowest BCUT2D eigenvalue weighted by atomic mass is 9.86. The van der Waals surface area contributed by atoms with Gasteiger partial charge in [0.25, 0.3) is 0 Å². The lowest BCUT2D eigenvalue weighted by molar-refractivity contribution is 0.423. The van der Waals surface area contributed by atoms with Crippen LogP contribution in [0.25, 0.3) is 0 Å². The summed E-state index contributed by atoms with van der Waals surface area (Å²) in [6, 6.07) is 11.7. The maximum Gasteiger partial charge on any atom is 0.128 e. The first-order valence-electron chi connectivity index (χ1n) is 8.19. The van der Waals surface area contributed by atoms with Crippen LogP contribution >= 0.6 is 11.3 Å². The molecule has 0 saturated heterocycles. The van der Waals surface area contributed by atoms with E-state index in [1.807, 2.05) is 12.4 Å². The minimum Gasteiger partial charge on any atom is -0.347 e. The Morgan fingerprint density at radius 1 is 1.35 bits per heavy atom. The molecule has 3 nitrogen and oxygen atoms in total. The summed E-state index contributed by atoms with van der Waals surface area (Å²) in [4.78, 5) is 9.09. The second-order valence-corrected chi connectivity index (χ2v) is 7.22. The van der Waals surface area contributed by atoms with E-state index in [2.05, 4.69) is 57.9 Å². The molecule has 4 rings (SSSR count). The summed E-state index contributed by atoms with van der Waals surface area (Å²) in [5, 5.41) is 5.99. The summed E-state index contributed by atoms with van der Waals surface area (Å²) in [6.45, 7) is 2.18. The van der Waals surface area contributed by atoms with Crippen molar-refractivity contribution in [1.29, 1.82) is 0 Å². The molecule has 0 radical (unpaired) electrons. The van der Waals surface area contributed by atoms with E-state index in [9.17, 15) is 0 Å². The van der Waals surface area contributed by atoms with Gasteiger partial charge < -0.3 is 4.98 Å². The number of thiophene rings is 1. The van der Waals surface area contributed by atoms with Crippen LogP contribution in [0.3, 0.4) is 0 Å². The Labute approximate surface area is 140 Å². The summed E-state index contributed by atoms with van der Waals surface area (Å²) in [5.41, 5.74) is 4.29. The monoisotopic (exact) mass is 323 g/mol. The third-order valence-corrected chi connectivity index (χ3v) is 5.54. The van der Waals surface area contributed by atoms with Crippen LogP contribution in [0.5, 0.6) is 0 Å². The molecule has 0 amide bonds. The Bertz CT molecular complexity index is 728. The Morgan fingerprint density at radius 2 is 2.30 bits per heavy atom. The van der Waals surface area contributed by atoms with Crippen molar-refractivity contribution in [1.82, 2.24) is 15.3 Å². The van der Waals surface area contributed by atoms with Gasteiger partial charge in [0.1, 0.15) is 11.9 Å². The first-order chi connectivity index (χ1) is 11.3. The molecule has 1 aliphatic carbocycles. The Balaban J connectivity index is 1.67. The molecule has 0 unspecified atom stereocenters. The standard InChI is InChI=1S/C19H21N3S/c1-13-7-8-14-4-2-5-16(15(14)12-13)22-18(17-6-3-11-23-17)19-20-9-10-21-19/h3,6-12,16,18,22H,2,4-5H2,1H3,(H,20,21)/t16-,18-/m0/s1. The lowest BCUT2D eigenvalue weighted by Gasteiger charge is -2.30. The van der Waals surface area contributed by atoms with Gasteiger partial charge in [-0.1, -0.05) is 29.8 Å². The number of H-pyrrole nitrogens is 1. The molecule has 0 saturated carbocycles. The zero-order valence-corrected chi connectivity index (χ0v) is 14.1. The first kappa shape index (κ1) is 14.7. The minimum atomic E-state index is 0.126. The number of hydrogen-bond acceptors (Lipinski definition) is 3. The molecule has 1 aromatic carbocycles. The maximum absolute atomic E-state index is 4.50. The highest BCUT2D eigenvalue weighted by Crippen LogP contribution is 2.34. The molecule has 118 valence electrons. The molecule has 2 atom stereocenters. The highest BCUT2D eigenvalue weighted by molar-refractivity contribution is 7.10. The fourth-order valence-electron chi connectivity index (χ4n) is 3.48. The van der Waals surface area contributed by atoms with Gasteiger partial charge in [-0.05, 0) is 48.8 Å². The van der Waals surface area contributed by atoms with Crippen molar-refractivity contribution in [2.24, 2.45) is 0 Å². The Morgan fingerprint density at radius 3 is 3.09 bits per heavy atom. The van der Waals surface area contributed by atoms with Crippen LogP contribution in [-0.2, 0) is 6.42 Å². The molecule has 23 heavy (non-hydrogen) atoms. The number of fused-ring (bicyclic) bond motifs is 1. The van der Waals surface area contributed by atoms with E-state index in [0.29, 0.717) is 6.04 Å². The predicted molar refractivity (Wildman–Crippen MR) is 94.7 cm³/mol. The average Bonchev–Trinajstić information content (AvgIpc) is 3.26. The molecule has 1 aliphatic rings. The van der Waals surface area contributed by atoms with Gasteiger partial charge in [0.15, 0.2) is 0 Å². The van der Waals surface area contributed by atoms with Crippen LogP contribution in [0.15, 0.2) is 48.1 Å². The number of aromatic amines is 1. The fourth-order valence-corrected chi connectivity index (χ4v) is 4.27. The molecular formula is C19H21N3S. The summed E-state index contributed by atoms with van der Waals surface area (Å²) < 4.78 is 0. The summed E-state index contributed by atoms with van der Waals surface area (Å²) in [6.07, 6.45) is 7.34. The van der Waals surface area contributed by atoms with Crippen LogP contribution in [-0.4, -0.2) is 9.97 Å². The lowest BCUT2D eigenvalue weighted by Crippen LogP contribution is -2.30. The Kier molecular flexibility index (Phi) is 4.02. The van der Waals surface area contributed by atoms with Crippen LogP contribution in [0, 0.1) is 6.92 Å². The zero-order chi connectivity index (χ0) is 15.6. The van der Waals surface area contributed by atoms with Crippen molar-refractivity contribution in [3.8, 4) is 0 Å². The van der Waals surface area contributed by atoms with Gasteiger partial charge in [-0.2, -0.15) is 0 Å².